The molecule has 1 heterocycles. The van der Waals surface area contributed by atoms with Crippen molar-refractivity contribution in [1.29, 1.82) is 0 Å². The lowest BCUT2D eigenvalue weighted by Crippen LogP contribution is -2.53. The summed E-state index contributed by atoms with van der Waals surface area (Å²) in [5, 5.41) is 10.6. The molecule has 0 saturated heterocycles. The highest BCUT2D eigenvalue weighted by Gasteiger charge is 2.38. The highest BCUT2D eigenvalue weighted by Crippen LogP contribution is 2.48. The molecule has 11 heteroatoms. The van der Waals surface area contributed by atoms with Gasteiger partial charge in [0.15, 0.2) is 11.5 Å². The number of halogens is 3. The minimum atomic E-state index is -4.77. The highest BCUT2D eigenvalue weighted by molar-refractivity contribution is 7.79. The maximum Gasteiger partial charge on any atom is 0.573 e. The Labute approximate surface area is 208 Å². The van der Waals surface area contributed by atoms with Gasteiger partial charge in [0.1, 0.15) is 5.75 Å². The van der Waals surface area contributed by atoms with Gasteiger partial charge in [-0.25, -0.2) is 0 Å². The van der Waals surface area contributed by atoms with Crippen LogP contribution in [0, 0.1) is 0 Å². The van der Waals surface area contributed by atoms with Crippen molar-refractivity contribution in [3.05, 3.63) is 72.8 Å². The Morgan fingerprint density at radius 2 is 1.53 bits per heavy atom. The summed E-state index contributed by atoms with van der Waals surface area (Å²) in [6.45, 7) is 0. The molecule has 0 aromatic heterocycles. The van der Waals surface area contributed by atoms with E-state index in [0.717, 1.165) is 66.4 Å². The van der Waals surface area contributed by atoms with Crippen LogP contribution in [0.5, 0.6) is 17.2 Å². The molecule has 4 atom stereocenters. The summed E-state index contributed by atoms with van der Waals surface area (Å²) in [5.74, 6) is 1.20. The topological polar surface area (TPSA) is 108 Å². The van der Waals surface area contributed by atoms with Crippen molar-refractivity contribution >= 4 is 22.5 Å². The largest absolute Gasteiger partial charge is 0.768 e. The van der Waals surface area contributed by atoms with E-state index in [-0.39, 0.29) is 17.0 Å². The Kier molecular flexibility index (Phi) is 7.84. The quantitative estimate of drug-likeness (QED) is 0.467. The minimum absolute atomic E-state index is 0.0186. The third-order valence-electron chi connectivity index (χ3n) is 5.92. The Bertz CT molecular complexity index is 1160. The molecular weight excluding hydrogens is 497 g/mol. The van der Waals surface area contributed by atoms with E-state index >= 15 is 0 Å². The van der Waals surface area contributed by atoms with Crippen LogP contribution in [0.1, 0.15) is 19.3 Å². The van der Waals surface area contributed by atoms with Gasteiger partial charge in [-0.05, 0) is 78.9 Å². The number of para-hydroxylation sites is 4. The summed E-state index contributed by atoms with van der Waals surface area (Å²) in [7, 11) is 0. The molecule has 1 unspecified atom stereocenters. The molecule has 5 rings (SSSR count). The van der Waals surface area contributed by atoms with Crippen LogP contribution in [-0.4, -0.2) is 38.4 Å². The normalized spacial score (nSPS) is 21.7. The zero-order valence-electron chi connectivity index (χ0n) is 18.9. The average molecular weight is 522 g/mol. The van der Waals surface area contributed by atoms with E-state index in [1.54, 1.807) is 0 Å². The summed E-state index contributed by atoms with van der Waals surface area (Å²) in [4.78, 5) is 2.11. The molecule has 192 valence electrons. The molecule has 3 aromatic rings. The summed E-state index contributed by atoms with van der Waals surface area (Å²) in [5.41, 5.74) is 8.11. The van der Waals surface area contributed by atoms with Crippen LogP contribution in [0.4, 0.5) is 24.5 Å². The number of alkyl halides is 3. The first-order chi connectivity index (χ1) is 17.1. The predicted molar refractivity (Wildman–Crippen MR) is 127 cm³/mol. The fraction of sp³-hybridized carbons (Fsp3) is 0.280. The monoisotopic (exact) mass is 521 g/mol. The molecule has 0 bridgehead atoms. The lowest BCUT2D eigenvalue weighted by atomic mass is 9.86. The number of ether oxygens (including phenoxy) is 2. The van der Waals surface area contributed by atoms with Gasteiger partial charge in [-0.3, -0.25) is 4.21 Å². The second-order valence-corrected chi connectivity index (χ2v) is 9.25. The Morgan fingerprint density at radius 3 is 2.06 bits per heavy atom. The highest BCUT2D eigenvalue weighted by atomic mass is 32.2. The number of rotatable bonds is 3. The standard InChI is InChI=1S/C18H20N2O2.C7H5F3O3S/c19-12-6-5-9-15(18(12)21)20-13-7-1-3-10-16(13)22-17-11-4-2-8-14(17)20;8-7(9,10)13-5-1-3-6(4-2-5)14(11)12/h1-4,7-8,10-12,15,18,21H,5-6,9,19H2;1-4H,(H,11,12)/p-1/t12-,15+,18+;/m0./s1. The van der Waals surface area contributed by atoms with Crippen LogP contribution in [0.2, 0.25) is 0 Å². The number of nitrogens with two attached hydrogens (primary N) is 1. The van der Waals surface area contributed by atoms with Gasteiger partial charge in [-0.2, -0.15) is 0 Å². The lowest BCUT2D eigenvalue weighted by Gasteiger charge is -2.44. The SMILES string of the molecule is N[C@H]1CCC[C@@H](N2c3ccccc3Oc3ccccc32)[C@@H]1O.O=S([O-])c1ccc(OC(F)(F)F)cc1. The Morgan fingerprint density at radius 1 is 0.972 bits per heavy atom. The number of hydrogen-bond donors (Lipinski definition) is 2. The van der Waals surface area contributed by atoms with E-state index in [4.69, 9.17) is 10.5 Å². The average Bonchev–Trinajstić information content (AvgIpc) is 2.84. The second kappa shape index (κ2) is 10.9. The minimum Gasteiger partial charge on any atom is -0.768 e. The van der Waals surface area contributed by atoms with Crippen LogP contribution >= 0.6 is 0 Å². The fourth-order valence-corrected chi connectivity index (χ4v) is 4.67. The first kappa shape index (κ1) is 26.0. The zero-order valence-corrected chi connectivity index (χ0v) is 19.7. The lowest BCUT2D eigenvalue weighted by molar-refractivity contribution is -0.274. The maximum atomic E-state index is 11.7. The maximum absolute atomic E-state index is 11.7. The van der Waals surface area contributed by atoms with Gasteiger partial charge >= 0.3 is 6.36 Å². The number of aliphatic hydroxyl groups is 1. The van der Waals surface area contributed by atoms with E-state index in [9.17, 15) is 27.0 Å². The van der Waals surface area contributed by atoms with Crippen molar-refractivity contribution in [2.24, 2.45) is 5.73 Å². The number of hydrogen-bond acceptors (Lipinski definition) is 7. The molecule has 1 aliphatic carbocycles. The first-order valence-electron chi connectivity index (χ1n) is 11.2. The molecule has 3 aromatic carbocycles. The van der Waals surface area contributed by atoms with Crippen LogP contribution in [0.15, 0.2) is 77.7 Å². The van der Waals surface area contributed by atoms with Crippen molar-refractivity contribution in [2.75, 3.05) is 4.90 Å². The number of benzene rings is 3. The Hall–Kier alpha value is -3.12. The van der Waals surface area contributed by atoms with E-state index in [1.165, 1.54) is 0 Å². The zero-order chi connectivity index (χ0) is 25.9. The molecule has 7 nitrogen and oxygen atoms in total. The van der Waals surface area contributed by atoms with Crippen molar-refractivity contribution in [3.8, 4) is 17.2 Å². The number of anilines is 2. The van der Waals surface area contributed by atoms with Crippen molar-refractivity contribution in [3.63, 3.8) is 0 Å². The summed E-state index contributed by atoms with van der Waals surface area (Å²) in [6.07, 6.45) is -2.46. The third-order valence-corrected chi connectivity index (χ3v) is 6.58. The van der Waals surface area contributed by atoms with Crippen LogP contribution in [-0.2, 0) is 11.1 Å². The molecular formula is C25H24F3N2O5S-. The molecule has 2 aliphatic rings. The van der Waals surface area contributed by atoms with Gasteiger partial charge in [0, 0.05) is 10.9 Å². The number of nitrogens with zero attached hydrogens (tertiary/aromatic N) is 1. The van der Waals surface area contributed by atoms with Gasteiger partial charge in [-0.15, -0.1) is 13.2 Å². The van der Waals surface area contributed by atoms with E-state index in [0.29, 0.717) is 0 Å². The summed E-state index contributed by atoms with van der Waals surface area (Å²) >= 11 is -2.45. The van der Waals surface area contributed by atoms with Gasteiger partial charge in [0.2, 0.25) is 0 Å². The van der Waals surface area contributed by atoms with E-state index < -0.39 is 29.3 Å². The van der Waals surface area contributed by atoms with Crippen LogP contribution in [0.25, 0.3) is 0 Å². The molecule has 0 spiro atoms. The molecule has 0 radical (unpaired) electrons. The first-order valence-corrected chi connectivity index (χ1v) is 12.3. The fourth-order valence-electron chi connectivity index (χ4n) is 4.31. The summed E-state index contributed by atoms with van der Waals surface area (Å²) < 4.78 is 65.2. The molecule has 1 saturated carbocycles. The smallest absolute Gasteiger partial charge is 0.573 e. The predicted octanol–water partition coefficient (Wildman–Crippen LogP) is 4.99. The van der Waals surface area contributed by atoms with Crippen LogP contribution < -0.4 is 20.1 Å². The van der Waals surface area contributed by atoms with Crippen molar-refractivity contribution in [1.82, 2.24) is 0 Å². The number of aliphatic hydroxyl groups excluding tert-OH is 1. The molecule has 1 fully saturated rings. The van der Waals surface area contributed by atoms with Crippen LogP contribution in [0.3, 0.4) is 0 Å². The van der Waals surface area contributed by atoms with Crippen molar-refractivity contribution in [2.45, 2.75) is 48.7 Å². The van der Waals surface area contributed by atoms with Gasteiger partial charge in [-0.1, -0.05) is 24.3 Å². The van der Waals surface area contributed by atoms with Crippen molar-refractivity contribution < 1.29 is 36.5 Å². The molecule has 36 heavy (non-hydrogen) atoms. The number of fused-ring (bicyclic) bond motifs is 2. The molecule has 0 amide bonds. The molecule has 3 N–H and O–H groups in total. The second-order valence-electron chi connectivity index (χ2n) is 8.31. The Balaban J connectivity index is 0.000000189. The molecule has 1 aliphatic heterocycles. The van der Waals surface area contributed by atoms with E-state index in [2.05, 4.69) is 9.64 Å². The van der Waals surface area contributed by atoms with Gasteiger partial charge < -0.3 is 29.8 Å². The summed E-state index contributed by atoms with van der Waals surface area (Å²) in [6, 6.07) is 19.7. The van der Waals surface area contributed by atoms with Gasteiger partial charge in [0.05, 0.1) is 23.5 Å². The third kappa shape index (κ3) is 5.98. The van der Waals surface area contributed by atoms with E-state index in [1.807, 2.05) is 48.5 Å². The van der Waals surface area contributed by atoms with Gasteiger partial charge in [0.25, 0.3) is 0 Å².